The van der Waals surface area contributed by atoms with Gasteiger partial charge in [-0.05, 0) is 42.7 Å². The summed E-state index contributed by atoms with van der Waals surface area (Å²) in [6, 6.07) is 9.19. The molecular weight excluding hydrogens is 290 g/mol. The molecule has 0 bridgehead atoms. The Balaban J connectivity index is 1.84. The average molecular weight is 309 g/mol. The first-order chi connectivity index (χ1) is 11.2. The highest BCUT2D eigenvalue weighted by Crippen LogP contribution is 2.32. The van der Waals surface area contributed by atoms with Crippen LogP contribution in [0.3, 0.4) is 0 Å². The van der Waals surface area contributed by atoms with E-state index >= 15 is 0 Å². The fraction of sp³-hybridized carbons (Fsp3) is 0.278. The molecule has 5 nitrogen and oxygen atoms in total. The molecule has 2 heterocycles. The monoisotopic (exact) mass is 309 g/mol. The van der Waals surface area contributed by atoms with E-state index in [2.05, 4.69) is 10.3 Å². The summed E-state index contributed by atoms with van der Waals surface area (Å²) in [4.78, 5) is 30.1. The van der Waals surface area contributed by atoms with E-state index in [0.29, 0.717) is 18.5 Å². The summed E-state index contributed by atoms with van der Waals surface area (Å²) in [5.41, 5.74) is 3.35. The number of hydrogen-bond acceptors (Lipinski definition) is 3. The van der Waals surface area contributed by atoms with Gasteiger partial charge in [0.15, 0.2) is 0 Å². The molecule has 118 valence electrons. The van der Waals surface area contributed by atoms with Gasteiger partial charge in [-0.15, -0.1) is 0 Å². The number of benzene rings is 1. The zero-order valence-corrected chi connectivity index (χ0v) is 13.1. The number of nitrogens with one attached hydrogen (secondary N) is 1. The van der Waals surface area contributed by atoms with Crippen LogP contribution in [0.15, 0.2) is 42.7 Å². The first kappa shape index (κ1) is 15.2. The van der Waals surface area contributed by atoms with Gasteiger partial charge in [0.2, 0.25) is 5.91 Å². The van der Waals surface area contributed by atoms with Gasteiger partial charge in [0.05, 0.1) is 0 Å². The Morgan fingerprint density at radius 1 is 1.22 bits per heavy atom. The Morgan fingerprint density at radius 3 is 2.74 bits per heavy atom. The molecule has 0 spiro atoms. The Bertz CT molecular complexity index is 728. The molecule has 5 heteroatoms. The van der Waals surface area contributed by atoms with Crippen LogP contribution in [0.5, 0.6) is 0 Å². The van der Waals surface area contributed by atoms with Crippen LogP contribution in [0.4, 0.5) is 11.4 Å². The number of fused-ring (bicyclic) bond motifs is 1. The van der Waals surface area contributed by atoms with Gasteiger partial charge < -0.3 is 10.2 Å². The van der Waals surface area contributed by atoms with Crippen molar-refractivity contribution in [3.8, 4) is 0 Å². The maximum absolute atomic E-state index is 12.7. The second-order valence-electron chi connectivity index (χ2n) is 5.58. The molecule has 0 radical (unpaired) electrons. The Morgan fingerprint density at radius 2 is 2.00 bits per heavy atom. The van der Waals surface area contributed by atoms with Crippen LogP contribution >= 0.6 is 0 Å². The van der Waals surface area contributed by atoms with E-state index in [0.717, 1.165) is 29.8 Å². The lowest BCUT2D eigenvalue weighted by molar-refractivity contribution is -0.116. The maximum atomic E-state index is 12.7. The summed E-state index contributed by atoms with van der Waals surface area (Å²) in [5, 5.41) is 2.88. The first-order valence-electron chi connectivity index (χ1n) is 7.83. The smallest absolute Gasteiger partial charge is 0.258 e. The number of rotatable bonds is 4. The highest BCUT2D eigenvalue weighted by molar-refractivity contribution is 6.07. The lowest BCUT2D eigenvalue weighted by Crippen LogP contribution is -2.28. The molecule has 0 saturated heterocycles. The normalized spacial score (nSPS) is 12.8. The van der Waals surface area contributed by atoms with E-state index in [-0.39, 0.29) is 11.8 Å². The van der Waals surface area contributed by atoms with Crippen molar-refractivity contribution >= 4 is 23.2 Å². The summed E-state index contributed by atoms with van der Waals surface area (Å²) < 4.78 is 0. The average Bonchev–Trinajstić information content (AvgIpc) is 2.98. The van der Waals surface area contributed by atoms with Crippen molar-refractivity contribution < 1.29 is 9.59 Å². The molecule has 0 saturated carbocycles. The molecule has 1 aromatic heterocycles. The number of amides is 2. The molecule has 3 rings (SSSR count). The van der Waals surface area contributed by atoms with Crippen molar-refractivity contribution in [1.29, 1.82) is 0 Å². The molecule has 1 aliphatic rings. The van der Waals surface area contributed by atoms with Crippen LogP contribution in [-0.2, 0) is 11.2 Å². The minimum Gasteiger partial charge on any atom is -0.326 e. The van der Waals surface area contributed by atoms with Crippen LogP contribution in [0, 0.1) is 0 Å². The highest BCUT2D eigenvalue weighted by Gasteiger charge is 2.25. The van der Waals surface area contributed by atoms with Crippen molar-refractivity contribution in [3.63, 3.8) is 0 Å². The molecule has 1 aromatic carbocycles. The fourth-order valence-corrected chi connectivity index (χ4v) is 2.77. The van der Waals surface area contributed by atoms with E-state index in [1.54, 1.807) is 29.4 Å². The predicted molar refractivity (Wildman–Crippen MR) is 89.6 cm³/mol. The molecular formula is C18H19N3O2. The summed E-state index contributed by atoms with van der Waals surface area (Å²) in [5.74, 6) is -0.0411. The van der Waals surface area contributed by atoms with Gasteiger partial charge in [0.1, 0.15) is 0 Å². The van der Waals surface area contributed by atoms with Crippen LogP contribution < -0.4 is 10.2 Å². The molecule has 1 N–H and O–H groups in total. The molecule has 0 fully saturated rings. The zero-order valence-electron chi connectivity index (χ0n) is 13.1. The standard InChI is InChI=1S/C18H19N3O2/c1-2-3-17(22)20-15-5-4-13-8-11-21(16(13)12-15)18(23)14-6-9-19-10-7-14/h4-7,9-10,12H,2-3,8,11H2,1H3,(H,20,22). The summed E-state index contributed by atoms with van der Waals surface area (Å²) >= 11 is 0. The van der Waals surface area contributed by atoms with Crippen molar-refractivity contribution in [2.45, 2.75) is 26.2 Å². The van der Waals surface area contributed by atoms with Gasteiger partial charge >= 0.3 is 0 Å². The van der Waals surface area contributed by atoms with Crippen LogP contribution in [0.25, 0.3) is 0 Å². The topological polar surface area (TPSA) is 62.3 Å². The van der Waals surface area contributed by atoms with Crippen molar-refractivity contribution in [2.75, 3.05) is 16.8 Å². The van der Waals surface area contributed by atoms with E-state index in [1.165, 1.54) is 0 Å². The van der Waals surface area contributed by atoms with Gasteiger partial charge in [-0.3, -0.25) is 14.6 Å². The van der Waals surface area contributed by atoms with E-state index in [4.69, 9.17) is 0 Å². The number of anilines is 2. The number of carbonyl (C=O) groups excluding carboxylic acids is 2. The number of aromatic nitrogens is 1. The lowest BCUT2D eigenvalue weighted by atomic mass is 10.1. The third-order valence-corrected chi connectivity index (χ3v) is 3.91. The molecule has 2 amide bonds. The van der Waals surface area contributed by atoms with E-state index < -0.39 is 0 Å². The number of hydrogen-bond donors (Lipinski definition) is 1. The Labute approximate surface area is 135 Å². The SMILES string of the molecule is CCCC(=O)Nc1ccc2c(c1)N(C(=O)c1ccncc1)CC2. The van der Waals surface area contributed by atoms with Gasteiger partial charge in [-0.1, -0.05) is 13.0 Å². The second-order valence-corrected chi connectivity index (χ2v) is 5.58. The van der Waals surface area contributed by atoms with Crippen molar-refractivity contribution in [2.24, 2.45) is 0 Å². The first-order valence-corrected chi connectivity index (χ1v) is 7.83. The summed E-state index contributed by atoms with van der Waals surface area (Å²) in [6.07, 6.45) is 5.37. The van der Waals surface area contributed by atoms with Crippen molar-refractivity contribution in [3.05, 3.63) is 53.9 Å². The third-order valence-electron chi connectivity index (χ3n) is 3.91. The number of nitrogens with zero attached hydrogens (tertiary/aromatic N) is 2. The lowest BCUT2D eigenvalue weighted by Gasteiger charge is -2.18. The fourth-order valence-electron chi connectivity index (χ4n) is 2.77. The summed E-state index contributed by atoms with van der Waals surface area (Å²) in [7, 11) is 0. The third kappa shape index (κ3) is 3.23. The van der Waals surface area contributed by atoms with Gasteiger partial charge in [0.25, 0.3) is 5.91 Å². The molecule has 0 unspecified atom stereocenters. The van der Waals surface area contributed by atoms with Gasteiger partial charge in [-0.2, -0.15) is 0 Å². The van der Waals surface area contributed by atoms with Crippen LogP contribution in [-0.4, -0.2) is 23.3 Å². The number of pyridine rings is 1. The molecule has 0 aliphatic carbocycles. The molecule has 23 heavy (non-hydrogen) atoms. The zero-order chi connectivity index (χ0) is 16.2. The van der Waals surface area contributed by atoms with Gasteiger partial charge in [-0.25, -0.2) is 0 Å². The molecule has 1 aliphatic heterocycles. The second kappa shape index (κ2) is 6.60. The number of carbonyl (C=O) groups is 2. The highest BCUT2D eigenvalue weighted by atomic mass is 16.2. The maximum Gasteiger partial charge on any atom is 0.258 e. The van der Waals surface area contributed by atoms with Crippen LogP contribution in [0.1, 0.15) is 35.7 Å². The minimum absolute atomic E-state index is 0.00235. The Hall–Kier alpha value is -2.69. The van der Waals surface area contributed by atoms with Crippen molar-refractivity contribution in [1.82, 2.24) is 4.98 Å². The summed E-state index contributed by atoms with van der Waals surface area (Å²) in [6.45, 7) is 2.63. The van der Waals surface area contributed by atoms with Gasteiger partial charge in [0, 0.05) is 42.3 Å². The molecule has 2 aromatic rings. The van der Waals surface area contributed by atoms with E-state index in [1.807, 2.05) is 25.1 Å². The largest absolute Gasteiger partial charge is 0.326 e. The van der Waals surface area contributed by atoms with E-state index in [9.17, 15) is 9.59 Å². The Kier molecular flexibility index (Phi) is 4.37. The molecule has 0 atom stereocenters. The van der Waals surface area contributed by atoms with Crippen LogP contribution in [0.2, 0.25) is 0 Å². The quantitative estimate of drug-likeness (QED) is 0.944. The predicted octanol–water partition coefficient (Wildman–Crippen LogP) is 3.02. The minimum atomic E-state index is -0.0387.